The molecule has 1 rings (SSSR count). The van der Waals surface area contributed by atoms with Gasteiger partial charge in [-0.1, -0.05) is 149 Å². The van der Waals surface area contributed by atoms with Crippen molar-refractivity contribution < 1.29 is 23.5 Å². The van der Waals surface area contributed by atoms with E-state index in [1.807, 2.05) is 0 Å². The Hall–Kier alpha value is -0.120. The highest BCUT2D eigenvalue weighted by Crippen LogP contribution is 2.46. The summed E-state index contributed by atoms with van der Waals surface area (Å²) < 4.78 is 9.42. The van der Waals surface area contributed by atoms with Gasteiger partial charge < -0.3 is 19.2 Å². The highest BCUT2D eigenvalue weighted by Gasteiger charge is 2.25. The number of benzene rings is 1. The first-order chi connectivity index (χ1) is 18.8. The van der Waals surface area contributed by atoms with Crippen LogP contribution >= 0.6 is 17.2 Å². The summed E-state index contributed by atoms with van der Waals surface area (Å²) in [4.78, 5) is 26.5. The first-order valence-electron chi connectivity index (χ1n) is 15.9. The largest absolute Gasteiger partial charge is 0.337 e. The van der Waals surface area contributed by atoms with E-state index in [1.165, 1.54) is 102 Å². The zero-order chi connectivity index (χ0) is 30.0. The second kappa shape index (κ2) is 20.7. The molecule has 5 nitrogen and oxygen atoms in total. The van der Waals surface area contributed by atoms with Crippen LogP contribution in [0.1, 0.15) is 167 Å². The zero-order valence-electron chi connectivity index (χ0n) is 26.9. The molecule has 0 aliphatic carbocycles. The molecule has 7 heteroatoms. The molecule has 0 saturated heterocycles. The normalized spacial score (nSPS) is 13.4. The molecule has 0 spiro atoms. The lowest BCUT2D eigenvalue weighted by molar-refractivity contribution is 0.242. The maximum atomic E-state index is 9.27. The van der Waals surface area contributed by atoms with Crippen LogP contribution in [0.15, 0.2) is 12.1 Å². The van der Waals surface area contributed by atoms with Crippen LogP contribution in [0.25, 0.3) is 0 Å². The topological polar surface area (TPSA) is 79.2 Å². The maximum absolute atomic E-state index is 9.27. The Labute approximate surface area is 249 Å². The molecule has 40 heavy (non-hydrogen) atoms. The molecule has 0 heterocycles. The molecule has 0 fully saturated rings. The summed E-state index contributed by atoms with van der Waals surface area (Å²) in [6.45, 7) is 16.8. The van der Waals surface area contributed by atoms with E-state index in [-0.39, 0.29) is 10.8 Å². The van der Waals surface area contributed by atoms with E-state index in [4.69, 9.17) is 14.3 Å². The van der Waals surface area contributed by atoms with E-state index >= 15 is 0 Å². The summed E-state index contributed by atoms with van der Waals surface area (Å²) in [5, 5.41) is 0. The van der Waals surface area contributed by atoms with E-state index in [2.05, 4.69) is 64.9 Å². The Morgan fingerprint density at radius 2 is 0.925 bits per heavy atom. The number of aryl methyl sites for hydroxylation is 1. The van der Waals surface area contributed by atoms with Gasteiger partial charge >= 0.3 is 17.2 Å². The highest BCUT2D eigenvalue weighted by atomic mass is 31.2. The lowest BCUT2D eigenvalue weighted by Crippen LogP contribution is -2.21. The molecule has 0 amide bonds. The van der Waals surface area contributed by atoms with Crippen LogP contribution in [-0.2, 0) is 26.1 Å². The molecule has 0 aliphatic heterocycles. The van der Waals surface area contributed by atoms with Crippen molar-refractivity contribution >= 4 is 17.2 Å². The number of hydrogen-bond donors (Lipinski definition) is 3. The summed E-state index contributed by atoms with van der Waals surface area (Å²) in [6.07, 6.45) is 21.9. The van der Waals surface area contributed by atoms with E-state index in [0.717, 1.165) is 12.8 Å². The molecule has 0 aliphatic rings. The van der Waals surface area contributed by atoms with Gasteiger partial charge in [-0.15, -0.1) is 0 Å². The van der Waals surface area contributed by atoms with Crippen molar-refractivity contribution in [3.05, 3.63) is 34.4 Å². The van der Waals surface area contributed by atoms with Gasteiger partial charge in [-0.05, 0) is 53.7 Å². The van der Waals surface area contributed by atoms with Crippen LogP contribution in [0.2, 0.25) is 0 Å². The lowest BCUT2D eigenvalue weighted by Gasteiger charge is -2.31. The first kappa shape index (κ1) is 37.9. The van der Waals surface area contributed by atoms with Gasteiger partial charge in [0.05, 0.1) is 6.61 Å². The molecule has 1 aromatic rings. The third kappa shape index (κ3) is 17.7. The summed E-state index contributed by atoms with van der Waals surface area (Å²) in [7, 11) is -4.70. The Balaban J connectivity index is 2.04. The van der Waals surface area contributed by atoms with Gasteiger partial charge in [0.2, 0.25) is 0 Å². The monoisotopic (exact) mass is 600 g/mol. The fourth-order valence-corrected chi connectivity index (χ4v) is 6.51. The minimum absolute atomic E-state index is 0.190. The number of unbranched alkanes of at least 4 members (excludes halogenated alkanes) is 15. The fourth-order valence-electron chi connectivity index (χ4n) is 5.53. The molecule has 1 atom stereocenters. The average molecular weight is 601 g/mol. The Morgan fingerprint density at radius 1 is 0.575 bits per heavy atom. The number of hydrogen-bond acceptors (Lipinski definition) is 5. The molecular weight excluding hydrogens is 538 g/mol. The SMILES string of the molecule is Cc1cc(C(C)(C)C)c(CCCCCCCCCCCCCCCCCCOP(O)OP(O)O)c(C(C)(C)C)c1. The minimum Gasteiger partial charge on any atom is -0.328 e. The summed E-state index contributed by atoms with van der Waals surface area (Å²) in [6, 6.07) is 4.87. The fraction of sp³-hybridized carbons (Fsp3) is 0.818. The third-order valence-electron chi connectivity index (χ3n) is 7.68. The van der Waals surface area contributed by atoms with Crippen LogP contribution < -0.4 is 0 Å². The minimum atomic E-state index is -2.55. The first-order valence-corrected chi connectivity index (χ1v) is 18.2. The van der Waals surface area contributed by atoms with Gasteiger partial charge in [0.15, 0.2) is 0 Å². The Kier molecular flexibility index (Phi) is 19.6. The molecular formula is C33H62O5P2. The predicted octanol–water partition coefficient (Wildman–Crippen LogP) is 10.8. The molecule has 0 bridgehead atoms. The average Bonchev–Trinajstić information content (AvgIpc) is 2.84. The van der Waals surface area contributed by atoms with Crippen molar-refractivity contribution in [1.82, 2.24) is 0 Å². The molecule has 3 N–H and O–H groups in total. The van der Waals surface area contributed by atoms with Gasteiger partial charge in [0, 0.05) is 0 Å². The highest BCUT2D eigenvalue weighted by molar-refractivity contribution is 7.54. The van der Waals surface area contributed by atoms with Crippen molar-refractivity contribution in [2.24, 2.45) is 0 Å². The molecule has 0 saturated carbocycles. The molecule has 1 unspecified atom stereocenters. The van der Waals surface area contributed by atoms with E-state index < -0.39 is 17.2 Å². The second-order valence-electron chi connectivity index (χ2n) is 13.7. The summed E-state index contributed by atoms with van der Waals surface area (Å²) >= 11 is 0. The molecule has 0 aromatic heterocycles. The van der Waals surface area contributed by atoms with E-state index in [1.54, 1.807) is 16.7 Å². The van der Waals surface area contributed by atoms with Crippen LogP contribution in [0.4, 0.5) is 0 Å². The maximum Gasteiger partial charge on any atom is 0.337 e. The van der Waals surface area contributed by atoms with Crippen LogP contribution in [-0.4, -0.2) is 21.3 Å². The van der Waals surface area contributed by atoms with Gasteiger partial charge in [-0.25, -0.2) is 4.31 Å². The van der Waals surface area contributed by atoms with Crippen molar-refractivity contribution in [1.29, 1.82) is 0 Å². The zero-order valence-corrected chi connectivity index (χ0v) is 28.7. The smallest absolute Gasteiger partial charge is 0.328 e. The van der Waals surface area contributed by atoms with Crippen molar-refractivity contribution in [3.63, 3.8) is 0 Å². The summed E-state index contributed by atoms with van der Waals surface area (Å²) in [5.74, 6) is 0. The summed E-state index contributed by atoms with van der Waals surface area (Å²) in [5.41, 5.74) is 6.49. The van der Waals surface area contributed by atoms with Gasteiger partial charge in [-0.3, -0.25) is 0 Å². The van der Waals surface area contributed by atoms with Crippen molar-refractivity contribution in [3.8, 4) is 0 Å². The molecule has 234 valence electrons. The van der Waals surface area contributed by atoms with Gasteiger partial charge in [0.1, 0.15) is 0 Å². The van der Waals surface area contributed by atoms with E-state index in [0.29, 0.717) is 6.61 Å². The standard InChI is InChI=1S/C33H62O5P2/c1-28-26-30(32(2,3)4)29(31(27-28)33(5,6)7)24-22-20-18-16-14-12-10-8-9-11-13-15-17-19-21-23-25-37-40(36)38-39(34)35/h26-27,34-36H,8-25H2,1-7H3. The third-order valence-corrected chi connectivity index (χ3v) is 9.22. The predicted molar refractivity (Wildman–Crippen MR) is 174 cm³/mol. The molecule has 0 radical (unpaired) electrons. The Bertz CT molecular complexity index is 751. The number of rotatable bonds is 22. The lowest BCUT2D eigenvalue weighted by atomic mass is 9.74. The van der Waals surface area contributed by atoms with E-state index in [9.17, 15) is 4.89 Å². The van der Waals surface area contributed by atoms with Crippen molar-refractivity contribution in [2.45, 2.75) is 168 Å². The molecule has 1 aromatic carbocycles. The van der Waals surface area contributed by atoms with Gasteiger partial charge in [0.25, 0.3) is 0 Å². The van der Waals surface area contributed by atoms with Crippen LogP contribution in [0.5, 0.6) is 0 Å². The second-order valence-corrected chi connectivity index (χ2v) is 15.5. The van der Waals surface area contributed by atoms with Crippen LogP contribution in [0.3, 0.4) is 0 Å². The quantitative estimate of drug-likeness (QED) is 0.0911. The van der Waals surface area contributed by atoms with Crippen LogP contribution in [0, 0.1) is 6.92 Å². The van der Waals surface area contributed by atoms with Crippen molar-refractivity contribution in [2.75, 3.05) is 6.61 Å². The Morgan fingerprint density at radius 3 is 1.27 bits per heavy atom. The van der Waals surface area contributed by atoms with Gasteiger partial charge in [-0.2, -0.15) is 0 Å².